The van der Waals surface area contributed by atoms with E-state index in [2.05, 4.69) is 0 Å². The minimum atomic E-state index is -4.69. The average molecular weight is 228 g/mol. The quantitative estimate of drug-likeness (QED) is 0.695. The Bertz CT molecular complexity index is 207. The summed E-state index contributed by atoms with van der Waals surface area (Å²) in [5, 5.41) is 10.6. The monoisotopic (exact) mass is 228 g/mol. The van der Waals surface area contributed by atoms with Crippen molar-refractivity contribution in [3.05, 3.63) is 0 Å². The zero-order valence-corrected chi connectivity index (χ0v) is 8.64. The molecule has 0 aliphatic carbocycles. The van der Waals surface area contributed by atoms with E-state index in [1.807, 2.05) is 5.32 Å². The van der Waals surface area contributed by atoms with Crippen LogP contribution in [0.4, 0.5) is 13.2 Å². The predicted octanol–water partition coefficient (Wildman–Crippen LogP) is -0.0225. The van der Waals surface area contributed by atoms with E-state index >= 15 is 0 Å². The van der Waals surface area contributed by atoms with Gasteiger partial charge in [0, 0.05) is 13.0 Å². The number of alkyl halides is 3. The standard InChI is InChI=1S/C8H15F3N2O2/c1-13(2)4-3-7(15)12-5-6(14)8(9,10)11/h6,14H,3-5H2,1-2H3,(H,12,15). The summed E-state index contributed by atoms with van der Waals surface area (Å²) >= 11 is 0. The fraction of sp³-hybridized carbons (Fsp3) is 0.875. The number of carbonyl (C=O) groups excluding carboxylic acids is 1. The molecule has 1 atom stereocenters. The Morgan fingerprint density at radius 2 is 2.00 bits per heavy atom. The number of halogens is 3. The summed E-state index contributed by atoms with van der Waals surface area (Å²) in [6.45, 7) is -0.344. The number of aliphatic hydroxyl groups excluding tert-OH is 1. The zero-order chi connectivity index (χ0) is 12.1. The van der Waals surface area contributed by atoms with E-state index in [0.29, 0.717) is 6.54 Å². The van der Waals surface area contributed by atoms with Crippen molar-refractivity contribution in [2.45, 2.75) is 18.7 Å². The highest BCUT2D eigenvalue weighted by molar-refractivity contribution is 5.76. The Morgan fingerprint density at radius 3 is 2.40 bits per heavy atom. The fourth-order valence-electron chi connectivity index (χ4n) is 0.740. The lowest BCUT2D eigenvalue weighted by molar-refractivity contribution is -0.201. The lowest BCUT2D eigenvalue weighted by atomic mass is 10.3. The lowest BCUT2D eigenvalue weighted by Gasteiger charge is -2.15. The van der Waals surface area contributed by atoms with Crippen LogP contribution in [0.1, 0.15) is 6.42 Å². The minimum Gasteiger partial charge on any atom is -0.382 e. The summed E-state index contributed by atoms with van der Waals surface area (Å²) in [7, 11) is 3.50. The van der Waals surface area contributed by atoms with Gasteiger partial charge in [-0.1, -0.05) is 0 Å². The van der Waals surface area contributed by atoms with E-state index in [4.69, 9.17) is 5.11 Å². The lowest BCUT2D eigenvalue weighted by Crippen LogP contribution is -2.41. The topological polar surface area (TPSA) is 52.6 Å². The molecular weight excluding hydrogens is 213 g/mol. The van der Waals surface area contributed by atoms with Gasteiger partial charge in [0.2, 0.25) is 5.91 Å². The van der Waals surface area contributed by atoms with Gasteiger partial charge in [0.15, 0.2) is 6.10 Å². The predicted molar refractivity (Wildman–Crippen MR) is 48.2 cm³/mol. The summed E-state index contributed by atoms with van der Waals surface area (Å²) < 4.78 is 35.4. The molecule has 0 aliphatic heterocycles. The van der Waals surface area contributed by atoms with Crippen LogP contribution in [0.3, 0.4) is 0 Å². The third kappa shape index (κ3) is 7.15. The van der Waals surface area contributed by atoms with Crippen LogP contribution >= 0.6 is 0 Å². The number of hydrogen-bond donors (Lipinski definition) is 2. The average Bonchev–Trinajstić information content (AvgIpc) is 2.09. The van der Waals surface area contributed by atoms with E-state index in [0.717, 1.165) is 0 Å². The summed E-state index contributed by atoms with van der Waals surface area (Å²) in [4.78, 5) is 12.7. The highest BCUT2D eigenvalue weighted by atomic mass is 19.4. The molecule has 0 bridgehead atoms. The van der Waals surface area contributed by atoms with E-state index in [9.17, 15) is 18.0 Å². The van der Waals surface area contributed by atoms with Crippen molar-refractivity contribution in [3.63, 3.8) is 0 Å². The first-order chi connectivity index (χ1) is 6.73. The third-order valence-corrected chi connectivity index (χ3v) is 1.66. The molecule has 90 valence electrons. The molecule has 0 saturated heterocycles. The van der Waals surface area contributed by atoms with E-state index in [-0.39, 0.29) is 6.42 Å². The van der Waals surface area contributed by atoms with Gasteiger partial charge in [0.1, 0.15) is 0 Å². The Kier molecular flexibility index (Phi) is 5.59. The molecule has 1 amide bonds. The number of amides is 1. The Hall–Kier alpha value is -0.820. The van der Waals surface area contributed by atoms with Crippen molar-refractivity contribution in [3.8, 4) is 0 Å². The van der Waals surface area contributed by atoms with E-state index in [1.54, 1.807) is 19.0 Å². The second kappa shape index (κ2) is 5.92. The zero-order valence-electron chi connectivity index (χ0n) is 8.64. The second-order valence-electron chi connectivity index (χ2n) is 3.41. The Morgan fingerprint density at radius 1 is 1.47 bits per heavy atom. The molecule has 15 heavy (non-hydrogen) atoms. The molecule has 0 rings (SSSR count). The van der Waals surface area contributed by atoms with Crippen molar-refractivity contribution in [1.82, 2.24) is 10.2 Å². The van der Waals surface area contributed by atoms with Crippen molar-refractivity contribution in [2.75, 3.05) is 27.2 Å². The highest BCUT2D eigenvalue weighted by Gasteiger charge is 2.38. The summed E-state index contributed by atoms with van der Waals surface area (Å²) in [5.41, 5.74) is 0. The van der Waals surface area contributed by atoms with Crippen LogP contribution in [-0.4, -0.2) is 55.4 Å². The minimum absolute atomic E-state index is 0.109. The van der Waals surface area contributed by atoms with Gasteiger partial charge in [0.25, 0.3) is 0 Å². The smallest absolute Gasteiger partial charge is 0.382 e. The largest absolute Gasteiger partial charge is 0.416 e. The number of aliphatic hydroxyl groups is 1. The molecule has 2 N–H and O–H groups in total. The highest BCUT2D eigenvalue weighted by Crippen LogP contribution is 2.19. The number of rotatable bonds is 5. The van der Waals surface area contributed by atoms with Gasteiger partial charge in [-0.3, -0.25) is 4.79 Å². The van der Waals surface area contributed by atoms with E-state index in [1.165, 1.54) is 0 Å². The van der Waals surface area contributed by atoms with Crippen LogP contribution < -0.4 is 5.32 Å². The normalized spacial score (nSPS) is 14.1. The van der Waals surface area contributed by atoms with Crippen LogP contribution in [0.2, 0.25) is 0 Å². The van der Waals surface area contributed by atoms with Gasteiger partial charge in [-0.2, -0.15) is 13.2 Å². The molecule has 0 fully saturated rings. The second-order valence-corrected chi connectivity index (χ2v) is 3.41. The van der Waals surface area contributed by atoms with Gasteiger partial charge >= 0.3 is 6.18 Å². The molecule has 1 unspecified atom stereocenters. The maximum absolute atomic E-state index is 11.8. The molecule has 0 aliphatic rings. The van der Waals surface area contributed by atoms with Crippen molar-refractivity contribution in [1.29, 1.82) is 0 Å². The number of carbonyl (C=O) groups is 1. The van der Waals surface area contributed by atoms with Gasteiger partial charge in [0.05, 0.1) is 6.54 Å². The Balaban J connectivity index is 3.72. The maximum Gasteiger partial charge on any atom is 0.416 e. The number of nitrogens with one attached hydrogen (secondary N) is 1. The Labute approximate surface area is 86.1 Å². The first-order valence-electron chi connectivity index (χ1n) is 4.39. The van der Waals surface area contributed by atoms with Crippen molar-refractivity contribution >= 4 is 5.91 Å². The maximum atomic E-state index is 11.8. The summed E-state index contributed by atoms with van der Waals surface area (Å²) in [6, 6.07) is 0. The first-order valence-corrected chi connectivity index (χ1v) is 4.39. The molecule has 4 nitrogen and oxygen atoms in total. The van der Waals surface area contributed by atoms with Crippen molar-refractivity contribution < 1.29 is 23.1 Å². The van der Waals surface area contributed by atoms with E-state index < -0.39 is 24.7 Å². The molecule has 0 radical (unpaired) electrons. The molecule has 0 aromatic carbocycles. The molecular formula is C8H15F3N2O2. The van der Waals surface area contributed by atoms with Crippen LogP contribution in [-0.2, 0) is 4.79 Å². The third-order valence-electron chi connectivity index (χ3n) is 1.66. The SMILES string of the molecule is CN(C)CCC(=O)NCC(O)C(F)(F)F. The molecule has 7 heteroatoms. The van der Waals surface area contributed by atoms with Gasteiger partial charge in [-0.25, -0.2) is 0 Å². The summed E-state index contributed by atoms with van der Waals surface area (Å²) in [5.74, 6) is -0.507. The summed E-state index contributed by atoms with van der Waals surface area (Å²) in [6.07, 6.45) is -7.08. The fourth-order valence-corrected chi connectivity index (χ4v) is 0.740. The number of hydrogen-bond acceptors (Lipinski definition) is 3. The molecule has 0 saturated carbocycles. The number of nitrogens with zero attached hydrogens (tertiary/aromatic N) is 1. The van der Waals surface area contributed by atoms with Gasteiger partial charge < -0.3 is 15.3 Å². The molecule has 0 heterocycles. The molecule has 0 spiro atoms. The van der Waals surface area contributed by atoms with Crippen LogP contribution in [0, 0.1) is 0 Å². The van der Waals surface area contributed by atoms with Crippen LogP contribution in [0.25, 0.3) is 0 Å². The van der Waals surface area contributed by atoms with Gasteiger partial charge in [-0.15, -0.1) is 0 Å². The van der Waals surface area contributed by atoms with Crippen LogP contribution in [0.5, 0.6) is 0 Å². The van der Waals surface area contributed by atoms with Crippen molar-refractivity contribution in [2.24, 2.45) is 0 Å². The van der Waals surface area contributed by atoms with Crippen LogP contribution in [0.15, 0.2) is 0 Å². The first kappa shape index (κ1) is 14.2. The molecule has 0 aromatic heterocycles. The van der Waals surface area contributed by atoms with Gasteiger partial charge in [-0.05, 0) is 14.1 Å². The molecule has 0 aromatic rings.